The van der Waals surface area contributed by atoms with Gasteiger partial charge < -0.3 is 10.1 Å². The maximum Gasteiger partial charge on any atom is 0.258 e. The normalized spacial score (nSPS) is 13.7. The summed E-state index contributed by atoms with van der Waals surface area (Å²) in [5.74, 6) is 0.0428. The van der Waals surface area contributed by atoms with Crippen LogP contribution in [0.25, 0.3) is 22.6 Å². The Labute approximate surface area is 139 Å². The van der Waals surface area contributed by atoms with Gasteiger partial charge in [-0.2, -0.15) is 0 Å². The molecule has 0 bridgehead atoms. The van der Waals surface area contributed by atoms with Crippen LogP contribution in [0.4, 0.5) is 0 Å². The molecule has 1 aliphatic carbocycles. The fraction of sp³-hybridized carbons (Fsp3) is 0.200. The maximum atomic E-state index is 12.0. The predicted molar refractivity (Wildman–Crippen MR) is 96.1 cm³/mol. The number of nitrogens with one attached hydrogen (secondary N) is 1. The summed E-state index contributed by atoms with van der Waals surface area (Å²) < 4.78 is 0. The van der Waals surface area contributed by atoms with Crippen LogP contribution >= 0.6 is 0 Å². The van der Waals surface area contributed by atoms with Crippen molar-refractivity contribution in [3.8, 4) is 5.75 Å². The molecule has 0 unspecified atom stereocenters. The summed E-state index contributed by atoms with van der Waals surface area (Å²) in [6.45, 7) is 4.26. The molecule has 0 aliphatic heterocycles. The van der Waals surface area contributed by atoms with Gasteiger partial charge in [0.1, 0.15) is 11.3 Å². The number of allylic oxidation sites excluding steroid dienone is 1. The number of aromatic amines is 1. The molecule has 1 heterocycles. The van der Waals surface area contributed by atoms with E-state index in [-0.39, 0.29) is 11.3 Å². The molecule has 0 radical (unpaired) electrons. The number of fused-ring (bicyclic) bond motifs is 2. The van der Waals surface area contributed by atoms with Crippen molar-refractivity contribution in [3.63, 3.8) is 0 Å². The Morgan fingerprint density at radius 2 is 1.92 bits per heavy atom. The van der Waals surface area contributed by atoms with Gasteiger partial charge in [0.2, 0.25) is 0 Å². The molecule has 0 spiro atoms. The van der Waals surface area contributed by atoms with Gasteiger partial charge in [-0.05, 0) is 72.2 Å². The Kier molecular flexibility index (Phi) is 3.27. The summed E-state index contributed by atoms with van der Waals surface area (Å²) >= 11 is 0. The van der Waals surface area contributed by atoms with E-state index in [9.17, 15) is 9.90 Å². The van der Waals surface area contributed by atoms with Gasteiger partial charge in [0.05, 0.1) is 11.7 Å². The lowest BCUT2D eigenvalue weighted by molar-refractivity contribution is 0.480. The third-order valence-electron chi connectivity index (χ3n) is 4.87. The number of nitrogens with zero attached hydrogens (tertiary/aromatic N) is 1. The summed E-state index contributed by atoms with van der Waals surface area (Å²) in [7, 11) is 0. The molecule has 1 aliphatic rings. The molecule has 0 saturated heterocycles. The van der Waals surface area contributed by atoms with Gasteiger partial charge >= 0.3 is 0 Å². The number of aryl methyl sites for hydroxylation is 2. The number of aromatic nitrogens is 2. The average molecular weight is 318 g/mol. The standard InChI is InChI=1S/C20H18N2O2/c1-11-3-4-12(2)16-7-13(5-6-15(11)16)14-8-17-19(18(23)9-14)21-10-22-20(17)24/h3-4,7-10,23H,5-6H2,1-2H3,(H,21,22,24). The van der Waals surface area contributed by atoms with Gasteiger partial charge in [0.25, 0.3) is 5.56 Å². The minimum atomic E-state index is -0.235. The second-order valence-corrected chi connectivity index (χ2v) is 6.38. The smallest absolute Gasteiger partial charge is 0.258 e. The summed E-state index contributed by atoms with van der Waals surface area (Å²) in [6, 6.07) is 7.83. The first kappa shape index (κ1) is 14.7. The highest BCUT2D eigenvalue weighted by Crippen LogP contribution is 2.35. The van der Waals surface area contributed by atoms with Crippen molar-refractivity contribution in [2.75, 3.05) is 0 Å². The molecule has 1 aromatic heterocycles. The Bertz CT molecular complexity index is 1060. The molecule has 2 N–H and O–H groups in total. The largest absolute Gasteiger partial charge is 0.506 e. The van der Waals surface area contributed by atoms with E-state index < -0.39 is 0 Å². The van der Waals surface area contributed by atoms with E-state index in [0.29, 0.717) is 10.9 Å². The van der Waals surface area contributed by atoms with Crippen LogP contribution in [0.3, 0.4) is 0 Å². The van der Waals surface area contributed by atoms with Gasteiger partial charge in [-0.3, -0.25) is 4.79 Å². The van der Waals surface area contributed by atoms with Crippen LogP contribution in [0.2, 0.25) is 0 Å². The molecule has 3 aromatic rings. The van der Waals surface area contributed by atoms with Crippen molar-refractivity contribution in [2.24, 2.45) is 0 Å². The van der Waals surface area contributed by atoms with Crippen LogP contribution in [-0.2, 0) is 6.42 Å². The van der Waals surface area contributed by atoms with Crippen molar-refractivity contribution < 1.29 is 5.11 Å². The molecule has 0 fully saturated rings. The van der Waals surface area contributed by atoms with Gasteiger partial charge in [-0.1, -0.05) is 18.2 Å². The van der Waals surface area contributed by atoms with Crippen molar-refractivity contribution >= 4 is 22.6 Å². The third-order valence-corrected chi connectivity index (χ3v) is 4.87. The van der Waals surface area contributed by atoms with Gasteiger partial charge in [-0.25, -0.2) is 4.98 Å². The summed E-state index contributed by atoms with van der Waals surface area (Å²) in [5.41, 5.74) is 7.33. The Balaban J connectivity index is 1.92. The van der Waals surface area contributed by atoms with E-state index in [2.05, 4.69) is 42.0 Å². The number of phenolic OH excluding ortho intramolecular Hbond substituents is 1. The van der Waals surface area contributed by atoms with Crippen LogP contribution in [0, 0.1) is 13.8 Å². The zero-order chi connectivity index (χ0) is 16.8. The highest BCUT2D eigenvalue weighted by molar-refractivity contribution is 5.92. The average Bonchev–Trinajstić information content (AvgIpc) is 2.59. The molecule has 4 heteroatoms. The van der Waals surface area contributed by atoms with Gasteiger partial charge in [0, 0.05) is 0 Å². The van der Waals surface area contributed by atoms with Crippen LogP contribution in [0.5, 0.6) is 5.75 Å². The molecule has 120 valence electrons. The highest BCUT2D eigenvalue weighted by atomic mass is 16.3. The zero-order valence-corrected chi connectivity index (χ0v) is 13.7. The maximum absolute atomic E-state index is 12.0. The Morgan fingerprint density at radius 3 is 2.75 bits per heavy atom. The van der Waals surface area contributed by atoms with Crippen molar-refractivity contribution in [3.05, 3.63) is 68.8 Å². The molecule has 4 nitrogen and oxygen atoms in total. The first-order chi connectivity index (χ1) is 11.5. The second kappa shape index (κ2) is 5.34. The van der Waals surface area contributed by atoms with Gasteiger partial charge in [-0.15, -0.1) is 0 Å². The molecule has 24 heavy (non-hydrogen) atoms. The molecular formula is C20H18N2O2. The number of aromatic hydroxyl groups is 1. The molecule has 4 rings (SSSR count). The first-order valence-electron chi connectivity index (χ1n) is 8.05. The SMILES string of the molecule is Cc1ccc(C)c2c1C=C(c1cc(O)c3nc[nH]c(=O)c3c1)CC2. The lowest BCUT2D eigenvalue weighted by Gasteiger charge is -2.21. The van der Waals surface area contributed by atoms with Crippen LogP contribution in [-0.4, -0.2) is 15.1 Å². The van der Waals surface area contributed by atoms with Crippen molar-refractivity contribution in [2.45, 2.75) is 26.7 Å². The van der Waals surface area contributed by atoms with E-state index in [4.69, 9.17) is 0 Å². The lowest BCUT2D eigenvalue weighted by atomic mass is 9.84. The number of hydrogen-bond donors (Lipinski definition) is 2. The number of H-pyrrole nitrogens is 1. The quantitative estimate of drug-likeness (QED) is 0.718. The summed E-state index contributed by atoms with van der Waals surface area (Å²) in [6.07, 6.45) is 5.36. The Hall–Kier alpha value is -2.88. The zero-order valence-electron chi connectivity index (χ0n) is 13.7. The van der Waals surface area contributed by atoms with Crippen molar-refractivity contribution in [1.29, 1.82) is 0 Å². The second-order valence-electron chi connectivity index (χ2n) is 6.38. The number of rotatable bonds is 1. The fourth-order valence-corrected chi connectivity index (χ4v) is 3.50. The minimum Gasteiger partial charge on any atom is -0.506 e. The Morgan fingerprint density at radius 1 is 1.12 bits per heavy atom. The topological polar surface area (TPSA) is 66.0 Å². The summed E-state index contributed by atoms with van der Waals surface area (Å²) in [5, 5.41) is 10.7. The number of hydrogen-bond acceptors (Lipinski definition) is 3. The van der Waals surface area contributed by atoms with E-state index in [1.165, 1.54) is 28.6 Å². The lowest BCUT2D eigenvalue weighted by Crippen LogP contribution is -2.07. The number of benzene rings is 2. The summed E-state index contributed by atoms with van der Waals surface area (Å²) in [4.78, 5) is 18.7. The highest BCUT2D eigenvalue weighted by Gasteiger charge is 2.17. The molecule has 0 amide bonds. The van der Waals surface area contributed by atoms with Crippen LogP contribution in [0.1, 0.15) is 34.2 Å². The van der Waals surface area contributed by atoms with E-state index in [0.717, 1.165) is 24.0 Å². The van der Waals surface area contributed by atoms with E-state index in [1.54, 1.807) is 6.07 Å². The minimum absolute atomic E-state index is 0.0428. The monoisotopic (exact) mass is 318 g/mol. The predicted octanol–water partition coefficient (Wildman–Crippen LogP) is 3.73. The third kappa shape index (κ3) is 2.22. The van der Waals surface area contributed by atoms with Gasteiger partial charge in [0.15, 0.2) is 0 Å². The first-order valence-corrected chi connectivity index (χ1v) is 8.05. The molecule has 0 atom stereocenters. The number of phenols is 1. The molecular weight excluding hydrogens is 300 g/mol. The fourth-order valence-electron chi connectivity index (χ4n) is 3.50. The van der Waals surface area contributed by atoms with Crippen LogP contribution in [0.15, 0.2) is 35.4 Å². The van der Waals surface area contributed by atoms with E-state index >= 15 is 0 Å². The molecule has 0 saturated carbocycles. The molecule has 2 aromatic carbocycles. The van der Waals surface area contributed by atoms with E-state index in [1.807, 2.05) is 6.07 Å². The van der Waals surface area contributed by atoms with Crippen LogP contribution < -0.4 is 5.56 Å². The van der Waals surface area contributed by atoms with Crippen molar-refractivity contribution in [1.82, 2.24) is 9.97 Å².